The molecule has 1 saturated heterocycles. The number of benzene rings is 1. The summed E-state index contributed by atoms with van der Waals surface area (Å²) in [6.45, 7) is 4.41. The molecule has 1 aromatic heterocycles. The smallest absolute Gasteiger partial charge is 0.262 e. The third-order valence-corrected chi connectivity index (χ3v) is 8.04. The van der Waals surface area contributed by atoms with Crippen molar-refractivity contribution < 1.29 is 14.4 Å². The Morgan fingerprint density at radius 2 is 2.00 bits per heavy atom. The van der Waals surface area contributed by atoms with Gasteiger partial charge in [-0.2, -0.15) is 4.99 Å². The van der Waals surface area contributed by atoms with Crippen molar-refractivity contribution in [1.82, 2.24) is 9.80 Å². The van der Waals surface area contributed by atoms with E-state index in [2.05, 4.69) is 15.2 Å². The Labute approximate surface area is 202 Å². The van der Waals surface area contributed by atoms with Gasteiger partial charge >= 0.3 is 0 Å². The van der Waals surface area contributed by atoms with Crippen molar-refractivity contribution in [3.05, 3.63) is 51.7 Å². The van der Waals surface area contributed by atoms with Crippen LogP contribution in [0.1, 0.15) is 46.5 Å². The third-order valence-electron chi connectivity index (χ3n) is 5.82. The second-order valence-corrected chi connectivity index (χ2v) is 10.6. The molecule has 1 atom stereocenters. The highest BCUT2D eigenvalue weighted by molar-refractivity contribution is 8.15. The fraction of sp³-hybridized carbons (Fsp3) is 0.417. The van der Waals surface area contributed by atoms with Crippen LogP contribution in [0.2, 0.25) is 0 Å². The monoisotopic (exact) mass is 484 g/mol. The lowest BCUT2D eigenvalue weighted by atomic mass is 10.1. The second kappa shape index (κ2) is 10.5. The molecule has 4 rings (SSSR count). The van der Waals surface area contributed by atoms with E-state index < -0.39 is 5.25 Å². The maximum Gasteiger partial charge on any atom is 0.262 e. The lowest BCUT2D eigenvalue weighted by Gasteiger charge is -2.27. The van der Waals surface area contributed by atoms with E-state index in [1.54, 1.807) is 47.5 Å². The lowest BCUT2D eigenvalue weighted by molar-refractivity contribution is -0.121. The Hall–Kier alpha value is -2.65. The van der Waals surface area contributed by atoms with Crippen LogP contribution in [-0.4, -0.2) is 58.1 Å². The number of rotatable bonds is 6. The number of thioether (sulfide) groups is 1. The highest BCUT2D eigenvalue weighted by Crippen LogP contribution is 2.29. The third kappa shape index (κ3) is 5.83. The molecule has 3 amide bonds. The summed E-state index contributed by atoms with van der Waals surface area (Å²) >= 11 is 3.02. The predicted molar refractivity (Wildman–Crippen MR) is 134 cm³/mol. The summed E-state index contributed by atoms with van der Waals surface area (Å²) in [5.74, 6) is -0.617. The first kappa shape index (κ1) is 23.5. The quantitative estimate of drug-likeness (QED) is 0.666. The normalized spacial score (nSPS) is 18.2. The first-order chi connectivity index (χ1) is 15.9. The van der Waals surface area contributed by atoms with E-state index in [4.69, 9.17) is 0 Å². The number of carbonyl (C=O) groups is 3. The lowest BCUT2D eigenvalue weighted by Crippen LogP contribution is -2.33. The number of hydrogen-bond acceptors (Lipinski definition) is 6. The van der Waals surface area contributed by atoms with Gasteiger partial charge in [-0.15, -0.1) is 11.3 Å². The van der Waals surface area contributed by atoms with Crippen LogP contribution in [0.15, 0.2) is 40.7 Å². The summed E-state index contributed by atoms with van der Waals surface area (Å²) in [5.41, 5.74) is 2.22. The Kier molecular flexibility index (Phi) is 7.49. The van der Waals surface area contributed by atoms with Crippen LogP contribution in [0.4, 0.5) is 5.69 Å². The van der Waals surface area contributed by atoms with Gasteiger partial charge in [0.15, 0.2) is 5.17 Å². The van der Waals surface area contributed by atoms with E-state index >= 15 is 0 Å². The van der Waals surface area contributed by atoms with Crippen molar-refractivity contribution >= 4 is 51.7 Å². The summed E-state index contributed by atoms with van der Waals surface area (Å²) in [6, 6.07) is 8.96. The summed E-state index contributed by atoms with van der Waals surface area (Å²) in [4.78, 5) is 47.0. The Balaban J connectivity index is 1.32. The molecule has 1 fully saturated rings. The number of carbonyl (C=O) groups excluding carboxylic acids is 3. The highest BCUT2D eigenvalue weighted by Gasteiger charge is 2.33. The van der Waals surface area contributed by atoms with Gasteiger partial charge in [-0.3, -0.25) is 14.4 Å². The van der Waals surface area contributed by atoms with Crippen LogP contribution in [0, 0.1) is 6.92 Å². The van der Waals surface area contributed by atoms with E-state index in [1.807, 2.05) is 18.4 Å². The molecule has 7 nitrogen and oxygen atoms in total. The predicted octanol–water partition coefficient (Wildman–Crippen LogP) is 4.14. The van der Waals surface area contributed by atoms with E-state index in [0.717, 1.165) is 36.0 Å². The minimum Gasteiger partial charge on any atom is -0.351 e. The number of aryl methyl sites for hydroxylation is 1. The van der Waals surface area contributed by atoms with E-state index in [9.17, 15) is 14.4 Å². The van der Waals surface area contributed by atoms with Crippen LogP contribution in [0.3, 0.4) is 0 Å². The molecular weight excluding hydrogens is 456 g/mol. The van der Waals surface area contributed by atoms with Crippen molar-refractivity contribution in [2.45, 2.75) is 44.4 Å². The summed E-state index contributed by atoms with van der Waals surface area (Å²) < 4.78 is 0. The molecule has 2 aliphatic rings. The molecule has 0 aliphatic carbocycles. The van der Waals surface area contributed by atoms with Crippen LogP contribution in [0.5, 0.6) is 0 Å². The zero-order valence-electron chi connectivity index (χ0n) is 18.9. The molecule has 0 radical (unpaired) electrons. The molecule has 2 aromatic rings. The van der Waals surface area contributed by atoms with Crippen molar-refractivity contribution in [3.8, 4) is 0 Å². The van der Waals surface area contributed by atoms with Crippen molar-refractivity contribution in [2.24, 2.45) is 4.99 Å². The molecule has 1 unspecified atom stereocenters. The maximum absolute atomic E-state index is 12.9. The van der Waals surface area contributed by atoms with Gasteiger partial charge in [-0.1, -0.05) is 17.8 Å². The number of hydrogen-bond donors (Lipinski definition) is 1. The van der Waals surface area contributed by atoms with Crippen LogP contribution < -0.4 is 5.32 Å². The van der Waals surface area contributed by atoms with Crippen LogP contribution >= 0.6 is 23.1 Å². The van der Waals surface area contributed by atoms with Gasteiger partial charge in [0, 0.05) is 42.7 Å². The minimum atomic E-state index is -0.494. The number of likely N-dealkylation sites (tertiary alicyclic amines) is 1. The fourth-order valence-electron chi connectivity index (χ4n) is 3.91. The van der Waals surface area contributed by atoms with E-state index in [1.165, 1.54) is 23.7 Å². The van der Waals surface area contributed by atoms with Crippen LogP contribution in [-0.2, 0) is 16.1 Å². The number of nitrogens with one attached hydrogen (secondary N) is 1. The number of anilines is 1. The van der Waals surface area contributed by atoms with Gasteiger partial charge in [-0.25, -0.2) is 0 Å². The topological polar surface area (TPSA) is 82.1 Å². The number of amidine groups is 1. The van der Waals surface area contributed by atoms with Gasteiger partial charge in [-0.05, 0) is 61.4 Å². The molecule has 33 heavy (non-hydrogen) atoms. The minimum absolute atomic E-state index is 0.0556. The van der Waals surface area contributed by atoms with Crippen molar-refractivity contribution in [2.75, 3.05) is 25.5 Å². The standard InChI is InChI=1S/C24H28N4O3S2/c1-16-9-12-32-20(16)15-27(2)23(31)17-7-6-8-18(13-17)25-21(29)14-19-22(30)26-24(33-19)28-10-4-3-5-11-28/h6-9,12-13,19H,3-5,10-11,14-15H2,1-2H3,(H,25,29). The van der Waals surface area contributed by atoms with Crippen molar-refractivity contribution in [1.29, 1.82) is 0 Å². The molecule has 1 aromatic carbocycles. The summed E-state index contributed by atoms with van der Waals surface area (Å²) in [5, 5.41) is 5.11. The number of piperidine rings is 1. The zero-order chi connectivity index (χ0) is 23.4. The molecule has 0 spiro atoms. The molecule has 3 heterocycles. The average molecular weight is 485 g/mol. The maximum atomic E-state index is 12.9. The van der Waals surface area contributed by atoms with E-state index in [0.29, 0.717) is 17.8 Å². The Morgan fingerprint density at radius 3 is 2.73 bits per heavy atom. The largest absolute Gasteiger partial charge is 0.351 e. The summed E-state index contributed by atoms with van der Waals surface area (Å²) in [6.07, 6.45) is 3.48. The van der Waals surface area contributed by atoms with Gasteiger partial charge in [0.05, 0.1) is 6.54 Å². The van der Waals surface area contributed by atoms with Gasteiger partial charge in [0.2, 0.25) is 5.91 Å². The number of nitrogens with zero attached hydrogens (tertiary/aromatic N) is 3. The average Bonchev–Trinajstić information content (AvgIpc) is 3.39. The molecule has 9 heteroatoms. The number of aliphatic imine (C=N–C) groups is 1. The van der Waals surface area contributed by atoms with Crippen LogP contribution in [0.25, 0.3) is 0 Å². The highest BCUT2D eigenvalue weighted by atomic mass is 32.2. The molecular formula is C24H28N4O3S2. The molecule has 0 saturated carbocycles. The van der Waals surface area contributed by atoms with Gasteiger partial charge < -0.3 is 15.1 Å². The molecule has 1 N–H and O–H groups in total. The van der Waals surface area contributed by atoms with Crippen molar-refractivity contribution in [3.63, 3.8) is 0 Å². The zero-order valence-corrected chi connectivity index (χ0v) is 20.5. The SMILES string of the molecule is Cc1ccsc1CN(C)C(=O)c1cccc(NC(=O)CC2SC(N3CCCCC3)=NC2=O)c1. The summed E-state index contributed by atoms with van der Waals surface area (Å²) in [7, 11) is 1.77. The molecule has 2 aliphatic heterocycles. The second-order valence-electron chi connectivity index (χ2n) is 8.41. The molecule has 174 valence electrons. The fourth-order valence-corrected chi connectivity index (χ4v) is 5.99. The molecule has 0 bridgehead atoms. The Morgan fingerprint density at radius 1 is 1.21 bits per heavy atom. The number of thiophene rings is 1. The van der Waals surface area contributed by atoms with Gasteiger partial charge in [0.25, 0.3) is 11.8 Å². The first-order valence-corrected chi connectivity index (χ1v) is 12.9. The van der Waals surface area contributed by atoms with E-state index in [-0.39, 0.29) is 24.1 Å². The first-order valence-electron chi connectivity index (χ1n) is 11.1. The Bertz CT molecular complexity index is 1080. The van der Waals surface area contributed by atoms with Gasteiger partial charge in [0.1, 0.15) is 5.25 Å². The number of amides is 3.